The van der Waals surface area contributed by atoms with E-state index in [4.69, 9.17) is 0 Å². The first-order valence-corrected chi connectivity index (χ1v) is 10.1. The molecule has 2 rings (SSSR count). The van der Waals surface area contributed by atoms with Crippen molar-refractivity contribution in [2.75, 3.05) is 23.7 Å². The Hall–Kier alpha value is -1.90. The van der Waals surface area contributed by atoms with Gasteiger partial charge in [0, 0.05) is 6.26 Å². The molecule has 0 aromatic heterocycles. The first-order valence-electron chi connectivity index (χ1n) is 6.75. The lowest BCUT2D eigenvalue weighted by Gasteiger charge is -2.23. The molecule has 0 amide bonds. The molecular formula is C15H17NO5S2. The molecule has 0 aliphatic rings. The molecule has 0 unspecified atom stereocenters. The van der Waals surface area contributed by atoms with Gasteiger partial charge in [0.2, 0.25) is 0 Å². The van der Waals surface area contributed by atoms with Crippen LogP contribution in [-0.2, 0) is 19.9 Å². The third-order valence-electron chi connectivity index (χ3n) is 3.19. The predicted molar refractivity (Wildman–Crippen MR) is 87.6 cm³/mol. The Bertz CT molecular complexity index is 860. The number of aliphatic hydroxyl groups is 1. The Morgan fingerprint density at radius 3 is 1.87 bits per heavy atom. The van der Waals surface area contributed by atoms with Crippen LogP contribution in [0.5, 0.6) is 0 Å². The van der Waals surface area contributed by atoms with Crippen LogP contribution in [0.15, 0.2) is 64.4 Å². The zero-order chi connectivity index (χ0) is 17.1. The van der Waals surface area contributed by atoms with Crippen molar-refractivity contribution in [1.29, 1.82) is 0 Å². The summed E-state index contributed by atoms with van der Waals surface area (Å²) in [7, 11) is -7.30. The molecule has 0 fully saturated rings. The first kappa shape index (κ1) is 17.5. The fourth-order valence-corrected chi connectivity index (χ4v) is 4.15. The van der Waals surface area contributed by atoms with E-state index in [2.05, 4.69) is 0 Å². The van der Waals surface area contributed by atoms with Crippen molar-refractivity contribution in [3.05, 3.63) is 54.6 Å². The number of anilines is 1. The van der Waals surface area contributed by atoms with Gasteiger partial charge < -0.3 is 5.11 Å². The normalized spacial score (nSPS) is 12.1. The van der Waals surface area contributed by atoms with E-state index in [0.29, 0.717) is 5.69 Å². The molecule has 0 spiro atoms. The van der Waals surface area contributed by atoms with Crippen molar-refractivity contribution in [1.82, 2.24) is 0 Å². The van der Waals surface area contributed by atoms with Gasteiger partial charge in [-0.2, -0.15) is 0 Å². The standard InChI is InChI=1S/C15H17NO5S2/c1-22(18,19)14-7-9-15(10-8-14)23(20,21)16(11-12-17)13-5-3-2-4-6-13/h2-10,17H,11-12H2,1H3. The molecule has 0 saturated carbocycles. The molecule has 0 aliphatic carbocycles. The van der Waals surface area contributed by atoms with E-state index >= 15 is 0 Å². The largest absolute Gasteiger partial charge is 0.394 e. The summed E-state index contributed by atoms with van der Waals surface area (Å²) < 4.78 is 49.5. The SMILES string of the molecule is CS(=O)(=O)c1ccc(S(=O)(=O)N(CCO)c2ccccc2)cc1. The summed E-state index contributed by atoms with van der Waals surface area (Å²) in [6.07, 6.45) is 1.05. The van der Waals surface area contributed by atoms with E-state index in [-0.39, 0.29) is 22.9 Å². The molecule has 124 valence electrons. The molecule has 0 bridgehead atoms. The number of rotatable bonds is 6. The minimum Gasteiger partial charge on any atom is -0.394 e. The van der Waals surface area contributed by atoms with Gasteiger partial charge in [-0.15, -0.1) is 0 Å². The summed E-state index contributed by atoms with van der Waals surface area (Å²) in [4.78, 5) is 0.00655. The van der Waals surface area contributed by atoms with Crippen LogP contribution >= 0.6 is 0 Å². The second-order valence-electron chi connectivity index (χ2n) is 4.88. The van der Waals surface area contributed by atoms with Crippen LogP contribution in [0, 0.1) is 0 Å². The number of nitrogens with zero attached hydrogens (tertiary/aromatic N) is 1. The summed E-state index contributed by atoms with van der Waals surface area (Å²) in [5.74, 6) is 0. The molecule has 2 aromatic rings. The van der Waals surface area contributed by atoms with E-state index in [1.54, 1.807) is 30.3 Å². The summed E-state index contributed by atoms with van der Waals surface area (Å²) in [6.45, 7) is -0.435. The van der Waals surface area contributed by atoms with Gasteiger partial charge in [-0.25, -0.2) is 16.8 Å². The van der Waals surface area contributed by atoms with E-state index in [0.717, 1.165) is 10.6 Å². The van der Waals surface area contributed by atoms with E-state index < -0.39 is 19.9 Å². The van der Waals surface area contributed by atoms with Crippen LogP contribution in [0.25, 0.3) is 0 Å². The van der Waals surface area contributed by atoms with Crippen molar-refractivity contribution in [2.45, 2.75) is 9.79 Å². The molecule has 0 heterocycles. The number of sulfone groups is 1. The lowest BCUT2D eigenvalue weighted by molar-refractivity contribution is 0.306. The third kappa shape index (κ3) is 3.90. The van der Waals surface area contributed by atoms with Crippen molar-refractivity contribution < 1.29 is 21.9 Å². The summed E-state index contributed by atoms with van der Waals surface area (Å²) in [5, 5.41) is 9.17. The van der Waals surface area contributed by atoms with Crippen LogP contribution < -0.4 is 4.31 Å². The highest BCUT2D eigenvalue weighted by atomic mass is 32.2. The van der Waals surface area contributed by atoms with Gasteiger partial charge in [-0.1, -0.05) is 18.2 Å². The Morgan fingerprint density at radius 2 is 1.39 bits per heavy atom. The highest BCUT2D eigenvalue weighted by Crippen LogP contribution is 2.24. The van der Waals surface area contributed by atoms with Gasteiger partial charge >= 0.3 is 0 Å². The van der Waals surface area contributed by atoms with Gasteiger partial charge in [0.1, 0.15) is 0 Å². The fourth-order valence-electron chi connectivity index (χ4n) is 2.06. The molecule has 2 aromatic carbocycles. The Kier molecular flexibility index (Phi) is 5.08. The molecule has 6 nitrogen and oxygen atoms in total. The minimum absolute atomic E-state index is 0.0396. The van der Waals surface area contributed by atoms with Crippen molar-refractivity contribution in [2.24, 2.45) is 0 Å². The highest BCUT2D eigenvalue weighted by molar-refractivity contribution is 7.93. The Morgan fingerprint density at radius 1 is 0.870 bits per heavy atom. The van der Waals surface area contributed by atoms with Crippen LogP contribution in [0.4, 0.5) is 5.69 Å². The molecule has 8 heteroatoms. The van der Waals surface area contributed by atoms with Gasteiger partial charge in [0.15, 0.2) is 9.84 Å². The minimum atomic E-state index is -3.90. The molecule has 0 atom stereocenters. The van der Waals surface area contributed by atoms with Gasteiger partial charge in [-0.3, -0.25) is 4.31 Å². The number of hydrogen-bond acceptors (Lipinski definition) is 5. The number of benzene rings is 2. The second-order valence-corrected chi connectivity index (χ2v) is 8.76. The van der Waals surface area contributed by atoms with E-state index in [1.165, 1.54) is 24.3 Å². The zero-order valence-electron chi connectivity index (χ0n) is 12.5. The van der Waals surface area contributed by atoms with Crippen LogP contribution in [0.3, 0.4) is 0 Å². The number of para-hydroxylation sites is 1. The molecular weight excluding hydrogens is 338 g/mol. The maximum absolute atomic E-state index is 12.7. The lowest BCUT2D eigenvalue weighted by atomic mass is 10.3. The van der Waals surface area contributed by atoms with Crippen LogP contribution in [0.1, 0.15) is 0 Å². The number of sulfonamides is 1. The third-order valence-corrected chi connectivity index (χ3v) is 6.16. The average Bonchev–Trinajstić information content (AvgIpc) is 2.52. The monoisotopic (exact) mass is 355 g/mol. The quantitative estimate of drug-likeness (QED) is 0.843. The van der Waals surface area contributed by atoms with Crippen LogP contribution in [-0.4, -0.2) is 41.3 Å². The average molecular weight is 355 g/mol. The van der Waals surface area contributed by atoms with E-state index in [1.807, 2.05) is 0 Å². The molecule has 23 heavy (non-hydrogen) atoms. The van der Waals surface area contributed by atoms with Gasteiger partial charge in [0.05, 0.1) is 28.6 Å². The molecule has 0 radical (unpaired) electrons. The number of hydrogen-bond donors (Lipinski definition) is 1. The van der Waals surface area contributed by atoms with Gasteiger partial charge in [-0.05, 0) is 36.4 Å². The zero-order valence-corrected chi connectivity index (χ0v) is 14.1. The second kappa shape index (κ2) is 6.69. The summed E-state index contributed by atoms with van der Waals surface area (Å²) >= 11 is 0. The maximum atomic E-state index is 12.7. The smallest absolute Gasteiger partial charge is 0.264 e. The van der Waals surface area contributed by atoms with Crippen molar-refractivity contribution in [3.8, 4) is 0 Å². The topological polar surface area (TPSA) is 91.8 Å². The fraction of sp³-hybridized carbons (Fsp3) is 0.200. The van der Waals surface area contributed by atoms with Gasteiger partial charge in [0.25, 0.3) is 10.0 Å². The van der Waals surface area contributed by atoms with Crippen LogP contribution in [0.2, 0.25) is 0 Å². The summed E-state index contributed by atoms with van der Waals surface area (Å²) in [5.41, 5.74) is 0.425. The first-order chi connectivity index (χ1) is 10.8. The van der Waals surface area contributed by atoms with Crippen molar-refractivity contribution in [3.63, 3.8) is 0 Å². The Balaban J connectivity index is 2.46. The molecule has 1 N–H and O–H groups in total. The molecule has 0 aliphatic heterocycles. The van der Waals surface area contributed by atoms with E-state index in [9.17, 15) is 21.9 Å². The highest BCUT2D eigenvalue weighted by Gasteiger charge is 2.24. The van der Waals surface area contributed by atoms with Crippen molar-refractivity contribution >= 4 is 25.5 Å². The maximum Gasteiger partial charge on any atom is 0.264 e. The molecule has 0 saturated heterocycles. The lowest BCUT2D eigenvalue weighted by Crippen LogP contribution is -2.33. The predicted octanol–water partition coefficient (Wildman–Crippen LogP) is 1.28. The Labute approximate surface area is 136 Å². The number of aliphatic hydroxyl groups excluding tert-OH is 1. The summed E-state index contributed by atoms with van der Waals surface area (Å²) in [6, 6.07) is 13.4.